The quantitative estimate of drug-likeness (QED) is 0.618. The standard InChI is InChI=1S/C17H19F3N4O4.CHF3/c18-17(19,20)28-11-3-10(4-11)27-6-13(25)23-15-7-16(15,8-15)24-5-12(22-9-24)14-21-1-2-26-14;2-1(3)4/h5,9-11H,1-4,6-8H2,(H,23,25);1H. The minimum Gasteiger partial charge on any atom is -0.474 e. The van der Waals surface area contributed by atoms with Gasteiger partial charge in [-0.25, -0.2) is 9.98 Å². The molecule has 5 rings (SSSR count). The van der Waals surface area contributed by atoms with Gasteiger partial charge in [-0.2, -0.15) is 13.2 Å². The van der Waals surface area contributed by atoms with Crippen molar-refractivity contribution in [1.29, 1.82) is 0 Å². The van der Waals surface area contributed by atoms with E-state index in [9.17, 15) is 31.1 Å². The first kappa shape index (κ1) is 22.8. The number of rotatable bonds is 7. The maximum atomic E-state index is 12.2. The first-order chi connectivity index (χ1) is 15.0. The molecule has 0 bridgehead atoms. The molecule has 0 spiro atoms. The van der Waals surface area contributed by atoms with Gasteiger partial charge in [-0.1, -0.05) is 0 Å². The Kier molecular flexibility index (Phi) is 5.86. The van der Waals surface area contributed by atoms with Crippen LogP contribution in [0.3, 0.4) is 0 Å². The molecule has 4 aliphatic rings. The molecule has 1 amide bonds. The third kappa shape index (κ3) is 4.85. The minimum absolute atomic E-state index is 0.144. The third-order valence-electron chi connectivity index (χ3n) is 5.89. The highest BCUT2D eigenvalue weighted by Crippen LogP contribution is 2.76. The number of carbonyl (C=O) groups excluding carboxylic acids is 1. The van der Waals surface area contributed by atoms with E-state index in [-0.39, 0.29) is 42.5 Å². The smallest absolute Gasteiger partial charge is 0.474 e. The normalized spacial score (nSPS) is 32.2. The number of halogens is 6. The fourth-order valence-corrected chi connectivity index (χ4v) is 4.09. The second-order valence-electron chi connectivity index (χ2n) is 8.05. The van der Waals surface area contributed by atoms with Gasteiger partial charge in [0.1, 0.15) is 18.9 Å². The number of ether oxygens (including phenoxy) is 3. The molecule has 0 atom stereocenters. The molecule has 1 aliphatic heterocycles. The molecule has 2 heterocycles. The fraction of sp³-hybridized carbons (Fsp3) is 0.722. The van der Waals surface area contributed by atoms with Crippen LogP contribution < -0.4 is 5.32 Å². The highest BCUT2D eigenvalue weighted by atomic mass is 19.4. The van der Waals surface area contributed by atoms with Gasteiger partial charge in [0.05, 0.1) is 36.2 Å². The Balaban J connectivity index is 0.000000567. The lowest BCUT2D eigenvalue weighted by Crippen LogP contribution is -2.43. The molecular weight excluding hydrogens is 450 g/mol. The summed E-state index contributed by atoms with van der Waals surface area (Å²) in [4.78, 5) is 20.7. The monoisotopic (exact) mass is 470 g/mol. The number of fused-ring (bicyclic) bond motifs is 1. The number of carbonyl (C=O) groups is 1. The van der Waals surface area contributed by atoms with Crippen LogP contribution in [-0.4, -0.2) is 71.9 Å². The van der Waals surface area contributed by atoms with Crippen LogP contribution in [0.25, 0.3) is 0 Å². The highest BCUT2D eigenvalue weighted by molar-refractivity contribution is 5.92. The van der Waals surface area contributed by atoms with Crippen LogP contribution >= 0.6 is 0 Å². The Labute approximate surface area is 177 Å². The van der Waals surface area contributed by atoms with Crippen LogP contribution in [0.15, 0.2) is 17.5 Å². The summed E-state index contributed by atoms with van der Waals surface area (Å²) < 4.78 is 81.9. The van der Waals surface area contributed by atoms with E-state index in [1.807, 2.05) is 10.8 Å². The molecule has 32 heavy (non-hydrogen) atoms. The first-order valence-electron chi connectivity index (χ1n) is 9.83. The minimum atomic E-state index is -4.63. The van der Waals surface area contributed by atoms with Crippen LogP contribution in [0, 0.1) is 0 Å². The van der Waals surface area contributed by atoms with E-state index in [0.29, 0.717) is 24.7 Å². The lowest BCUT2D eigenvalue weighted by Gasteiger charge is -2.34. The van der Waals surface area contributed by atoms with Crippen molar-refractivity contribution in [3.05, 3.63) is 18.2 Å². The molecule has 3 aliphatic carbocycles. The van der Waals surface area contributed by atoms with Crippen LogP contribution in [-0.2, 0) is 24.5 Å². The Bertz CT molecular complexity index is 874. The number of nitrogens with zero attached hydrogens (tertiary/aromatic N) is 3. The van der Waals surface area contributed by atoms with Crippen LogP contribution in [0.2, 0.25) is 0 Å². The first-order valence-corrected chi connectivity index (χ1v) is 9.83. The number of hydrogen-bond acceptors (Lipinski definition) is 6. The summed E-state index contributed by atoms with van der Waals surface area (Å²) in [5.74, 6) is 0.288. The summed E-state index contributed by atoms with van der Waals surface area (Å²) in [6.07, 6.45) is -0.339. The number of aliphatic imine (C=N–C) groups is 1. The van der Waals surface area contributed by atoms with Crippen molar-refractivity contribution in [1.82, 2.24) is 14.9 Å². The summed E-state index contributed by atoms with van der Waals surface area (Å²) in [5, 5.41) is 2.99. The maximum Gasteiger partial charge on any atom is 0.522 e. The number of amides is 1. The maximum absolute atomic E-state index is 12.2. The summed E-state index contributed by atoms with van der Waals surface area (Å²) >= 11 is 0. The fourth-order valence-electron chi connectivity index (χ4n) is 4.09. The molecule has 3 saturated carbocycles. The van der Waals surface area contributed by atoms with Gasteiger partial charge < -0.3 is 19.4 Å². The Morgan fingerprint density at radius 2 is 1.97 bits per heavy atom. The van der Waals surface area contributed by atoms with E-state index < -0.39 is 19.1 Å². The molecule has 0 radical (unpaired) electrons. The number of alkyl halides is 6. The average molecular weight is 470 g/mol. The molecule has 0 unspecified atom stereocenters. The lowest BCUT2D eigenvalue weighted by molar-refractivity contribution is -0.357. The van der Waals surface area contributed by atoms with Gasteiger partial charge in [0.25, 0.3) is 0 Å². The molecule has 1 aromatic heterocycles. The Hall–Kier alpha value is -2.35. The topological polar surface area (TPSA) is 87.0 Å². The van der Waals surface area contributed by atoms with E-state index in [4.69, 9.17) is 9.47 Å². The second-order valence-corrected chi connectivity index (χ2v) is 8.05. The highest BCUT2D eigenvalue weighted by Gasteiger charge is 2.85. The number of hydrogen-bond donors (Lipinski definition) is 1. The largest absolute Gasteiger partial charge is 0.522 e. The van der Waals surface area contributed by atoms with Crippen LogP contribution in [0.5, 0.6) is 0 Å². The van der Waals surface area contributed by atoms with Gasteiger partial charge in [0, 0.05) is 19.0 Å². The van der Waals surface area contributed by atoms with Crippen molar-refractivity contribution in [3.63, 3.8) is 0 Å². The zero-order chi connectivity index (χ0) is 23.1. The summed E-state index contributed by atoms with van der Waals surface area (Å²) in [5.41, 5.74) is 0.273. The van der Waals surface area contributed by atoms with E-state index in [1.165, 1.54) is 0 Å². The zero-order valence-corrected chi connectivity index (χ0v) is 16.6. The van der Waals surface area contributed by atoms with Crippen LogP contribution in [0.4, 0.5) is 26.3 Å². The van der Waals surface area contributed by atoms with Gasteiger partial charge in [-0.05, 0) is 12.8 Å². The Morgan fingerprint density at radius 3 is 2.56 bits per heavy atom. The third-order valence-corrected chi connectivity index (χ3v) is 5.89. The average Bonchev–Trinajstić information content (AvgIpc) is 3.17. The predicted octanol–water partition coefficient (Wildman–Crippen LogP) is 2.28. The van der Waals surface area contributed by atoms with Gasteiger partial charge in [0.2, 0.25) is 11.8 Å². The molecule has 178 valence electrons. The number of nitrogens with one attached hydrogen (secondary N) is 1. The van der Waals surface area contributed by atoms with Gasteiger partial charge in [0.15, 0.2) is 0 Å². The van der Waals surface area contributed by atoms with Gasteiger partial charge in [-0.3, -0.25) is 9.53 Å². The van der Waals surface area contributed by atoms with Gasteiger partial charge in [-0.15, -0.1) is 13.2 Å². The van der Waals surface area contributed by atoms with E-state index >= 15 is 0 Å². The van der Waals surface area contributed by atoms with Crippen molar-refractivity contribution >= 4 is 11.8 Å². The molecule has 1 N–H and O–H groups in total. The lowest BCUT2D eigenvalue weighted by atomic mass is 9.92. The summed E-state index contributed by atoms with van der Waals surface area (Å²) in [7, 11) is 0. The zero-order valence-electron chi connectivity index (χ0n) is 16.6. The summed E-state index contributed by atoms with van der Waals surface area (Å²) in [6, 6.07) is 0. The van der Waals surface area contributed by atoms with Gasteiger partial charge >= 0.3 is 13.0 Å². The van der Waals surface area contributed by atoms with Crippen molar-refractivity contribution in [2.75, 3.05) is 19.8 Å². The van der Waals surface area contributed by atoms with E-state index in [2.05, 4.69) is 20.0 Å². The van der Waals surface area contributed by atoms with Crippen LogP contribution in [0.1, 0.15) is 31.4 Å². The number of aromatic nitrogens is 2. The predicted molar refractivity (Wildman–Crippen MR) is 94.7 cm³/mol. The molecule has 0 aromatic carbocycles. The molecule has 0 saturated heterocycles. The second kappa shape index (κ2) is 8.21. The number of imidazole rings is 1. The molecular formula is C18H20F6N4O4. The van der Waals surface area contributed by atoms with E-state index in [0.717, 1.165) is 12.8 Å². The molecule has 14 heteroatoms. The van der Waals surface area contributed by atoms with Crippen molar-refractivity contribution in [2.24, 2.45) is 4.99 Å². The Morgan fingerprint density at radius 1 is 1.28 bits per heavy atom. The van der Waals surface area contributed by atoms with E-state index in [1.54, 1.807) is 6.33 Å². The summed E-state index contributed by atoms with van der Waals surface area (Å²) in [6.45, 7) is -2.63. The molecule has 1 aromatic rings. The van der Waals surface area contributed by atoms with Crippen molar-refractivity contribution in [3.8, 4) is 0 Å². The molecule has 8 nitrogen and oxygen atoms in total. The molecule has 3 fully saturated rings. The van der Waals surface area contributed by atoms with Crippen molar-refractivity contribution < 1.29 is 45.3 Å². The SMILES string of the molecule is FC(F)F.O=C(COC1CC(OC(F)(F)F)C1)NC12CC1(n1cnc(C3=NCCO3)c1)C2. The van der Waals surface area contributed by atoms with Crippen molar-refractivity contribution in [2.45, 2.75) is 62.0 Å².